The first-order valence-corrected chi connectivity index (χ1v) is 9.11. The van der Waals surface area contributed by atoms with Crippen molar-refractivity contribution in [2.45, 2.75) is 80.7 Å². The summed E-state index contributed by atoms with van der Waals surface area (Å²) in [7, 11) is 2.12. The Bertz CT molecular complexity index is 340. The Hall–Kier alpha value is -0.480. The summed E-state index contributed by atoms with van der Waals surface area (Å²) >= 11 is 1.93. The van der Waals surface area contributed by atoms with Gasteiger partial charge in [-0.1, -0.05) is 63.1 Å². The summed E-state index contributed by atoms with van der Waals surface area (Å²) in [5.74, 6) is 0. The van der Waals surface area contributed by atoms with Crippen LogP contribution < -0.4 is 5.32 Å². The van der Waals surface area contributed by atoms with Gasteiger partial charge in [0.15, 0.2) is 5.16 Å². The van der Waals surface area contributed by atoms with Crippen LogP contribution in [-0.2, 0) is 0 Å². The minimum absolute atomic E-state index is 0.615. The maximum Gasteiger partial charge on any atom is 0.165 e. The SMILES string of the molecule is CNC1CCCCCCCCCCC1Sc1ncc[nH]1. The molecule has 1 aliphatic carbocycles. The van der Waals surface area contributed by atoms with Gasteiger partial charge in [0.25, 0.3) is 0 Å². The van der Waals surface area contributed by atoms with E-state index in [1.54, 1.807) is 0 Å². The van der Waals surface area contributed by atoms with E-state index >= 15 is 0 Å². The zero-order valence-corrected chi connectivity index (χ0v) is 13.6. The Morgan fingerprint density at radius 3 is 2.30 bits per heavy atom. The maximum atomic E-state index is 4.39. The minimum Gasteiger partial charge on any atom is -0.340 e. The molecule has 0 radical (unpaired) electrons. The zero-order valence-electron chi connectivity index (χ0n) is 12.7. The lowest BCUT2D eigenvalue weighted by molar-refractivity contribution is 0.434. The molecule has 0 bridgehead atoms. The Kier molecular flexibility index (Phi) is 7.52. The molecule has 4 heteroatoms. The molecule has 114 valence electrons. The van der Waals surface area contributed by atoms with Crippen molar-refractivity contribution >= 4 is 11.8 Å². The van der Waals surface area contributed by atoms with E-state index in [-0.39, 0.29) is 0 Å². The number of aromatic amines is 1. The maximum absolute atomic E-state index is 4.39. The third kappa shape index (κ3) is 5.49. The fourth-order valence-electron chi connectivity index (χ4n) is 3.09. The highest BCUT2D eigenvalue weighted by molar-refractivity contribution is 7.99. The second kappa shape index (κ2) is 9.46. The van der Waals surface area contributed by atoms with Crippen LogP contribution >= 0.6 is 11.8 Å². The van der Waals surface area contributed by atoms with Crippen molar-refractivity contribution in [3.63, 3.8) is 0 Å². The molecule has 0 spiro atoms. The second-order valence-electron chi connectivity index (χ2n) is 5.85. The molecule has 2 unspecified atom stereocenters. The van der Waals surface area contributed by atoms with Crippen LogP contribution in [0.25, 0.3) is 0 Å². The van der Waals surface area contributed by atoms with E-state index in [0.717, 1.165) is 5.16 Å². The van der Waals surface area contributed by atoms with Gasteiger partial charge in [-0.25, -0.2) is 4.98 Å². The molecule has 1 heterocycles. The molecule has 0 amide bonds. The zero-order chi connectivity index (χ0) is 14.0. The van der Waals surface area contributed by atoms with Crippen LogP contribution in [0.4, 0.5) is 0 Å². The number of rotatable bonds is 3. The summed E-state index contributed by atoms with van der Waals surface area (Å²) in [6, 6.07) is 0.615. The molecule has 0 aliphatic heterocycles. The third-order valence-electron chi connectivity index (χ3n) is 4.31. The van der Waals surface area contributed by atoms with Crippen molar-refractivity contribution < 1.29 is 0 Å². The van der Waals surface area contributed by atoms with Gasteiger partial charge in [-0.15, -0.1) is 0 Å². The summed E-state index contributed by atoms with van der Waals surface area (Å²) in [6.07, 6.45) is 17.6. The van der Waals surface area contributed by atoms with Crippen LogP contribution in [0.5, 0.6) is 0 Å². The number of H-pyrrole nitrogens is 1. The Balaban J connectivity index is 1.93. The van der Waals surface area contributed by atoms with E-state index in [4.69, 9.17) is 0 Å². The van der Waals surface area contributed by atoms with Gasteiger partial charge in [0, 0.05) is 23.7 Å². The average molecular weight is 295 g/mol. The fraction of sp³-hybridized carbons (Fsp3) is 0.812. The van der Waals surface area contributed by atoms with Crippen LogP contribution in [0.1, 0.15) is 64.2 Å². The van der Waals surface area contributed by atoms with Crippen molar-refractivity contribution in [2.75, 3.05) is 7.05 Å². The Labute approximate surface area is 127 Å². The van der Waals surface area contributed by atoms with Gasteiger partial charge in [-0.2, -0.15) is 0 Å². The molecule has 2 atom stereocenters. The largest absolute Gasteiger partial charge is 0.340 e. The van der Waals surface area contributed by atoms with Crippen molar-refractivity contribution in [1.82, 2.24) is 15.3 Å². The topological polar surface area (TPSA) is 40.7 Å². The lowest BCUT2D eigenvalue weighted by Gasteiger charge is -2.26. The van der Waals surface area contributed by atoms with Gasteiger partial charge in [0.1, 0.15) is 0 Å². The second-order valence-corrected chi connectivity index (χ2v) is 7.08. The first-order chi connectivity index (χ1) is 9.90. The van der Waals surface area contributed by atoms with Crippen LogP contribution in [-0.4, -0.2) is 28.3 Å². The highest BCUT2D eigenvalue weighted by atomic mass is 32.2. The Morgan fingerprint density at radius 1 is 1.05 bits per heavy atom. The molecule has 2 N–H and O–H groups in total. The molecule has 0 aromatic carbocycles. The number of aromatic nitrogens is 2. The van der Waals surface area contributed by atoms with Crippen molar-refractivity contribution in [1.29, 1.82) is 0 Å². The van der Waals surface area contributed by atoms with Crippen LogP contribution in [0.2, 0.25) is 0 Å². The van der Waals surface area contributed by atoms with Gasteiger partial charge in [0.2, 0.25) is 0 Å². The van der Waals surface area contributed by atoms with E-state index in [2.05, 4.69) is 22.3 Å². The predicted molar refractivity (Wildman–Crippen MR) is 87.3 cm³/mol. The van der Waals surface area contributed by atoms with Crippen LogP contribution in [0.3, 0.4) is 0 Å². The van der Waals surface area contributed by atoms with E-state index in [0.29, 0.717) is 11.3 Å². The summed E-state index contributed by atoms with van der Waals surface area (Å²) in [4.78, 5) is 7.63. The summed E-state index contributed by atoms with van der Waals surface area (Å²) in [5, 5.41) is 5.27. The normalized spacial score (nSPS) is 26.6. The van der Waals surface area contributed by atoms with Gasteiger partial charge >= 0.3 is 0 Å². The lowest BCUT2D eigenvalue weighted by Crippen LogP contribution is -2.36. The number of thioether (sulfide) groups is 1. The van der Waals surface area contributed by atoms with E-state index in [1.807, 2.05) is 24.2 Å². The molecule has 1 aliphatic rings. The minimum atomic E-state index is 0.615. The smallest absolute Gasteiger partial charge is 0.165 e. The molecular formula is C16H29N3S. The van der Waals surface area contributed by atoms with Crippen LogP contribution in [0.15, 0.2) is 17.6 Å². The highest BCUT2D eigenvalue weighted by Gasteiger charge is 2.21. The monoisotopic (exact) mass is 295 g/mol. The summed E-state index contributed by atoms with van der Waals surface area (Å²) in [5.41, 5.74) is 0. The average Bonchev–Trinajstić information content (AvgIpc) is 2.95. The molecule has 1 aromatic heterocycles. The number of nitrogens with one attached hydrogen (secondary N) is 2. The van der Waals surface area contributed by atoms with Gasteiger partial charge < -0.3 is 10.3 Å². The number of hydrogen-bond acceptors (Lipinski definition) is 3. The van der Waals surface area contributed by atoms with Crippen LogP contribution in [0, 0.1) is 0 Å². The van der Waals surface area contributed by atoms with E-state index in [9.17, 15) is 0 Å². The Morgan fingerprint density at radius 2 is 1.70 bits per heavy atom. The van der Waals surface area contributed by atoms with E-state index in [1.165, 1.54) is 64.2 Å². The number of hydrogen-bond donors (Lipinski definition) is 2. The predicted octanol–water partition coefficient (Wildman–Crippen LogP) is 4.37. The first-order valence-electron chi connectivity index (χ1n) is 8.23. The summed E-state index contributed by atoms with van der Waals surface area (Å²) in [6.45, 7) is 0. The molecule has 1 fully saturated rings. The van der Waals surface area contributed by atoms with Crippen molar-refractivity contribution in [2.24, 2.45) is 0 Å². The van der Waals surface area contributed by atoms with Crippen molar-refractivity contribution in [3.8, 4) is 0 Å². The standard InChI is InChI=1S/C16H29N3S/c1-17-14-10-8-6-4-2-3-5-7-9-11-15(14)20-16-18-12-13-19-16/h12-15,17H,2-11H2,1H3,(H,18,19). The lowest BCUT2D eigenvalue weighted by atomic mass is 9.97. The molecule has 1 aromatic rings. The summed E-state index contributed by atoms with van der Waals surface area (Å²) < 4.78 is 0. The van der Waals surface area contributed by atoms with E-state index < -0.39 is 0 Å². The molecule has 1 saturated carbocycles. The number of nitrogens with zero attached hydrogens (tertiary/aromatic N) is 1. The molecular weight excluding hydrogens is 266 g/mol. The van der Waals surface area contributed by atoms with Gasteiger partial charge in [0.05, 0.1) is 0 Å². The molecule has 2 rings (SSSR count). The fourth-order valence-corrected chi connectivity index (χ4v) is 4.35. The molecule has 0 saturated heterocycles. The van der Waals surface area contributed by atoms with Gasteiger partial charge in [-0.3, -0.25) is 0 Å². The molecule has 3 nitrogen and oxygen atoms in total. The third-order valence-corrected chi connectivity index (χ3v) is 5.62. The number of imidazole rings is 1. The first kappa shape index (κ1) is 15.9. The van der Waals surface area contributed by atoms with Crippen molar-refractivity contribution in [3.05, 3.63) is 12.4 Å². The quantitative estimate of drug-likeness (QED) is 0.870. The highest BCUT2D eigenvalue weighted by Crippen LogP contribution is 2.29. The molecule has 20 heavy (non-hydrogen) atoms. The van der Waals surface area contributed by atoms with Gasteiger partial charge in [-0.05, 0) is 19.9 Å².